The van der Waals surface area contributed by atoms with Crippen molar-refractivity contribution in [2.24, 2.45) is 5.92 Å². The summed E-state index contributed by atoms with van der Waals surface area (Å²) in [5, 5.41) is 5.40. The van der Waals surface area contributed by atoms with Crippen LogP contribution < -0.4 is 10.6 Å². The number of rotatable bonds is 6. The minimum absolute atomic E-state index is 0.0215. The van der Waals surface area contributed by atoms with Crippen LogP contribution in [0, 0.1) is 5.92 Å². The second-order valence-corrected chi connectivity index (χ2v) is 6.01. The van der Waals surface area contributed by atoms with Gasteiger partial charge in [-0.25, -0.2) is 9.59 Å². The number of carbonyl (C=O) groups excluding carboxylic acids is 2. The van der Waals surface area contributed by atoms with Crippen molar-refractivity contribution >= 4 is 12.0 Å². The third-order valence-corrected chi connectivity index (χ3v) is 2.43. The highest BCUT2D eigenvalue weighted by Crippen LogP contribution is 2.12. The van der Waals surface area contributed by atoms with E-state index in [1.165, 1.54) is 0 Å². The van der Waals surface area contributed by atoms with Gasteiger partial charge in [0.15, 0.2) is 0 Å². The first-order chi connectivity index (χ1) is 8.67. The highest BCUT2D eigenvalue weighted by molar-refractivity contribution is 5.83. The molecule has 0 spiro atoms. The largest absolute Gasteiger partial charge is 0.458 e. The second-order valence-electron chi connectivity index (χ2n) is 6.01. The molecule has 0 saturated carbocycles. The van der Waals surface area contributed by atoms with E-state index in [9.17, 15) is 9.59 Å². The van der Waals surface area contributed by atoms with Gasteiger partial charge in [-0.1, -0.05) is 27.2 Å². The molecule has 0 unspecified atom stereocenters. The fraction of sp³-hybridized carbons (Fsp3) is 0.857. The standard InChI is InChI=1S/C14H28N2O3/c1-7-8-9-15-13(18)16-11(10(2)3)12(17)19-14(4,5)6/h10-11H,7-9H2,1-6H3,(H2,15,16,18)/t11-/m1/s1. The Morgan fingerprint density at radius 1 is 1.21 bits per heavy atom. The maximum atomic E-state index is 12.0. The zero-order valence-corrected chi connectivity index (χ0v) is 13.0. The van der Waals surface area contributed by atoms with Crippen LogP contribution in [0.4, 0.5) is 4.79 Å². The van der Waals surface area contributed by atoms with Crippen molar-refractivity contribution < 1.29 is 14.3 Å². The molecule has 0 aromatic carbocycles. The van der Waals surface area contributed by atoms with E-state index in [0.717, 1.165) is 12.8 Å². The van der Waals surface area contributed by atoms with Crippen molar-refractivity contribution in [3.63, 3.8) is 0 Å². The summed E-state index contributed by atoms with van der Waals surface area (Å²) in [6.45, 7) is 11.8. The fourth-order valence-corrected chi connectivity index (χ4v) is 1.43. The van der Waals surface area contributed by atoms with Gasteiger partial charge < -0.3 is 15.4 Å². The van der Waals surface area contributed by atoms with Gasteiger partial charge in [-0.3, -0.25) is 0 Å². The molecule has 0 fully saturated rings. The summed E-state index contributed by atoms with van der Waals surface area (Å²) in [5.41, 5.74) is -0.551. The maximum absolute atomic E-state index is 12.0. The van der Waals surface area contributed by atoms with Crippen molar-refractivity contribution in [1.82, 2.24) is 10.6 Å². The summed E-state index contributed by atoms with van der Waals surface area (Å²) < 4.78 is 5.31. The molecule has 0 aliphatic heterocycles. The van der Waals surface area contributed by atoms with Gasteiger partial charge >= 0.3 is 12.0 Å². The first-order valence-electron chi connectivity index (χ1n) is 6.94. The Labute approximate surface area is 116 Å². The smallest absolute Gasteiger partial charge is 0.329 e. The predicted molar refractivity (Wildman–Crippen MR) is 75.9 cm³/mol. The van der Waals surface area contributed by atoms with Crippen LogP contribution in [0.1, 0.15) is 54.4 Å². The van der Waals surface area contributed by atoms with Gasteiger partial charge in [0.25, 0.3) is 0 Å². The molecule has 0 aromatic heterocycles. The number of amides is 2. The molecule has 19 heavy (non-hydrogen) atoms. The molecular formula is C14H28N2O3. The van der Waals surface area contributed by atoms with Crippen molar-refractivity contribution in [2.75, 3.05) is 6.54 Å². The van der Waals surface area contributed by atoms with Crippen molar-refractivity contribution in [3.05, 3.63) is 0 Å². The normalized spacial score (nSPS) is 13.0. The zero-order valence-electron chi connectivity index (χ0n) is 13.0. The Morgan fingerprint density at radius 2 is 1.79 bits per heavy atom. The van der Waals surface area contributed by atoms with Crippen LogP contribution in [0.2, 0.25) is 0 Å². The van der Waals surface area contributed by atoms with Crippen LogP contribution in [-0.4, -0.2) is 30.2 Å². The van der Waals surface area contributed by atoms with E-state index in [1.54, 1.807) is 0 Å². The SMILES string of the molecule is CCCCNC(=O)N[C@@H](C(=O)OC(C)(C)C)C(C)C. The molecule has 0 saturated heterocycles. The Kier molecular flexibility index (Phi) is 7.49. The number of hydrogen-bond donors (Lipinski definition) is 2. The van der Waals surface area contributed by atoms with Gasteiger partial charge in [0, 0.05) is 6.54 Å². The molecular weight excluding hydrogens is 244 g/mol. The van der Waals surface area contributed by atoms with Crippen LogP contribution in [0.5, 0.6) is 0 Å². The lowest BCUT2D eigenvalue weighted by Crippen LogP contribution is -2.50. The molecule has 0 aliphatic rings. The minimum atomic E-state index is -0.624. The summed E-state index contributed by atoms with van der Waals surface area (Å²) in [7, 11) is 0. The summed E-state index contributed by atoms with van der Waals surface area (Å²) in [4.78, 5) is 23.7. The zero-order chi connectivity index (χ0) is 15.1. The Hall–Kier alpha value is -1.26. The predicted octanol–water partition coefficient (Wildman–Crippen LogP) is 2.45. The van der Waals surface area contributed by atoms with E-state index >= 15 is 0 Å². The van der Waals surface area contributed by atoms with Crippen molar-refractivity contribution in [3.8, 4) is 0 Å². The average Bonchev–Trinajstić information content (AvgIpc) is 2.23. The van der Waals surface area contributed by atoms with Crippen LogP contribution >= 0.6 is 0 Å². The highest BCUT2D eigenvalue weighted by Gasteiger charge is 2.28. The first kappa shape index (κ1) is 17.7. The average molecular weight is 272 g/mol. The Bertz CT molecular complexity index is 296. The minimum Gasteiger partial charge on any atom is -0.458 e. The van der Waals surface area contributed by atoms with Gasteiger partial charge in [0.1, 0.15) is 11.6 Å². The quantitative estimate of drug-likeness (QED) is 0.576. The molecule has 0 heterocycles. The first-order valence-corrected chi connectivity index (χ1v) is 6.94. The number of nitrogens with one attached hydrogen (secondary N) is 2. The maximum Gasteiger partial charge on any atom is 0.329 e. The monoisotopic (exact) mass is 272 g/mol. The lowest BCUT2D eigenvalue weighted by atomic mass is 10.0. The fourth-order valence-electron chi connectivity index (χ4n) is 1.43. The van der Waals surface area contributed by atoms with Gasteiger partial charge in [0.05, 0.1) is 0 Å². The van der Waals surface area contributed by atoms with Crippen LogP contribution in [-0.2, 0) is 9.53 Å². The summed E-state index contributed by atoms with van der Waals surface area (Å²) in [6, 6.07) is -0.945. The third-order valence-electron chi connectivity index (χ3n) is 2.43. The molecule has 5 heteroatoms. The molecule has 0 aromatic rings. The Morgan fingerprint density at radius 3 is 2.21 bits per heavy atom. The molecule has 0 bridgehead atoms. The van der Waals surface area contributed by atoms with Gasteiger partial charge in [-0.2, -0.15) is 0 Å². The molecule has 0 rings (SSSR count). The Balaban J connectivity index is 4.41. The van der Waals surface area contributed by atoms with Crippen LogP contribution in [0.3, 0.4) is 0 Å². The molecule has 0 radical (unpaired) electrons. The van der Waals surface area contributed by atoms with Crippen LogP contribution in [0.15, 0.2) is 0 Å². The third kappa shape index (κ3) is 8.46. The van der Waals surface area contributed by atoms with Gasteiger partial charge in [-0.05, 0) is 33.1 Å². The summed E-state index contributed by atoms with van der Waals surface area (Å²) >= 11 is 0. The number of ether oxygens (including phenoxy) is 1. The van der Waals surface area contributed by atoms with E-state index in [4.69, 9.17) is 4.74 Å². The van der Waals surface area contributed by atoms with E-state index in [-0.39, 0.29) is 11.9 Å². The summed E-state index contributed by atoms with van der Waals surface area (Å²) in [6.07, 6.45) is 1.94. The van der Waals surface area contributed by atoms with E-state index in [1.807, 2.05) is 34.6 Å². The lowest BCUT2D eigenvalue weighted by Gasteiger charge is -2.26. The molecule has 112 valence electrons. The molecule has 2 N–H and O–H groups in total. The number of urea groups is 1. The van der Waals surface area contributed by atoms with Crippen molar-refractivity contribution in [2.45, 2.75) is 66.0 Å². The number of carbonyl (C=O) groups is 2. The van der Waals surface area contributed by atoms with E-state index in [2.05, 4.69) is 17.6 Å². The lowest BCUT2D eigenvalue weighted by molar-refractivity contribution is -0.158. The second kappa shape index (κ2) is 8.02. The number of hydrogen-bond acceptors (Lipinski definition) is 3. The topological polar surface area (TPSA) is 67.4 Å². The number of unbranched alkanes of at least 4 members (excludes halogenated alkanes) is 1. The summed E-state index contributed by atoms with van der Waals surface area (Å²) in [5.74, 6) is -0.417. The molecule has 1 atom stereocenters. The number of esters is 1. The van der Waals surface area contributed by atoms with Crippen molar-refractivity contribution in [1.29, 1.82) is 0 Å². The highest BCUT2D eigenvalue weighted by atomic mass is 16.6. The van der Waals surface area contributed by atoms with E-state index < -0.39 is 17.6 Å². The van der Waals surface area contributed by atoms with Crippen LogP contribution in [0.25, 0.3) is 0 Å². The van der Waals surface area contributed by atoms with Gasteiger partial charge in [0.2, 0.25) is 0 Å². The van der Waals surface area contributed by atoms with Gasteiger partial charge in [-0.15, -0.1) is 0 Å². The molecule has 0 aliphatic carbocycles. The molecule has 5 nitrogen and oxygen atoms in total. The van der Waals surface area contributed by atoms with E-state index in [0.29, 0.717) is 6.54 Å². The molecule has 2 amide bonds.